The molecule has 2 rings (SSSR count). The van der Waals surface area contributed by atoms with Gasteiger partial charge >= 0.3 is 5.97 Å². The Hall–Kier alpha value is -1.79. The molecule has 2 aromatic carbocycles. The summed E-state index contributed by atoms with van der Waals surface area (Å²) in [5, 5.41) is 8.81. The van der Waals surface area contributed by atoms with Gasteiger partial charge < -0.3 is 5.11 Å². The fraction of sp³-hybridized carbons (Fsp3) is 0.125. The number of carboxylic acid groups (broad SMARTS) is 1. The van der Waals surface area contributed by atoms with E-state index in [9.17, 15) is 13.8 Å². The van der Waals surface area contributed by atoms with E-state index in [4.69, 9.17) is 5.11 Å². The number of hydrogen-bond acceptors (Lipinski definition) is 3. The Kier molecular flexibility index (Phi) is 5.63. The van der Waals surface area contributed by atoms with Gasteiger partial charge in [-0.1, -0.05) is 40.2 Å². The first kappa shape index (κ1) is 16.6. The van der Waals surface area contributed by atoms with Crippen LogP contribution in [0.3, 0.4) is 0 Å². The van der Waals surface area contributed by atoms with Crippen molar-refractivity contribution in [1.82, 2.24) is 0 Å². The van der Waals surface area contributed by atoms with Gasteiger partial charge in [-0.2, -0.15) is 0 Å². The lowest BCUT2D eigenvalue weighted by Crippen LogP contribution is -2.12. The first-order chi connectivity index (χ1) is 10.5. The van der Waals surface area contributed by atoms with Gasteiger partial charge in [-0.25, -0.2) is 4.79 Å². The number of carbonyl (C=O) groups excluding carboxylic acids is 1. The van der Waals surface area contributed by atoms with Crippen molar-refractivity contribution in [2.75, 3.05) is 5.75 Å². The molecule has 114 valence electrons. The number of Topliss-reactive ketones (excluding diaryl/α,β-unsaturated/α-hetero) is 1. The number of carbonyl (C=O) groups is 2. The number of halogens is 1. The van der Waals surface area contributed by atoms with Crippen LogP contribution in [0.25, 0.3) is 0 Å². The molecule has 2 aromatic rings. The Balaban J connectivity index is 1.96. The van der Waals surface area contributed by atoms with Crippen LogP contribution in [0.15, 0.2) is 53.0 Å². The minimum absolute atomic E-state index is 0.0533. The molecular weight excluding hydrogens is 368 g/mol. The molecule has 6 heteroatoms. The average Bonchev–Trinajstić information content (AvgIpc) is 2.48. The number of ketones is 1. The summed E-state index contributed by atoms with van der Waals surface area (Å²) < 4.78 is 12.9. The molecule has 22 heavy (non-hydrogen) atoms. The second kappa shape index (κ2) is 7.47. The van der Waals surface area contributed by atoms with Crippen LogP contribution in [0.2, 0.25) is 0 Å². The molecule has 0 fully saturated rings. The third kappa shape index (κ3) is 4.61. The van der Waals surface area contributed by atoms with E-state index in [-0.39, 0.29) is 22.9 Å². The molecule has 0 aliphatic carbocycles. The molecule has 0 aromatic heterocycles. The first-order valence-corrected chi connectivity index (χ1v) is 8.70. The Bertz CT molecular complexity index is 708. The van der Waals surface area contributed by atoms with Gasteiger partial charge in [0.25, 0.3) is 0 Å². The second-order valence-electron chi connectivity index (χ2n) is 4.66. The zero-order valence-electron chi connectivity index (χ0n) is 11.5. The number of rotatable bonds is 6. The van der Waals surface area contributed by atoms with Crippen LogP contribution in [0.1, 0.15) is 26.3 Å². The monoisotopic (exact) mass is 380 g/mol. The van der Waals surface area contributed by atoms with Crippen LogP contribution in [0, 0.1) is 0 Å². The topological polar surface area (TPSA) is 71.4 Å². The Morgan fingerprint density at radius 3 is 2.05 bits per heavy atom. The maximum absolute atomic E-state index is 12.0. The first-order valence-electron chi connectivity index (χ1n) is 6.41. The molecule has 0 aliphatic rings. The lowest BCUT2D eigenvalue weighted by Gasteiger charge is -2.04. The molecular formula is C16H13BrO4S. The highest BCUT2D eigenvalue weighted by atomic mass is 79.9. The Morgan fingerprint density at radius 2 is 1.50 bits per heavy atom. The zero-order chi connectivity index (χ0) is 16.1. The summed E-state index contributed by atoms with van der Waals surface area (Å²) >= 11 is 3.29. The van der Waals surface area contributed by atoms with Crippen molar-refractivity contribution in [2.24, 2.45) is 0 Å². The van der Waals surface area contributed by atoms with Crippen molar-refractivity contribution in [3.05, 3.63) is 69.7 Å². The van der Waals surface area contributed by atoms with Crippen LogP contribution in [0.5, 0.6) is 0 Å². The summed E-state index contributed by atoms with van der Waals surface area (Å²) in [6.45, 7) is 0. The largest absolute Gasteiger partial charge is 0.478 e. The van der Waals surface area contributed by atoms with E-state index in [1.165, 1.54) is 12.1 Å². The van der Waals surface area contributed by atoms with Gasteiger partial charge in [0.1, 0.15) is 0 Å². The molecule has 0 bridgehead atoms. The molecule has 0 aliphatic heterocycles. The summed E-state index contributed by atoms with van der Waals surface area (Å²) in [6, 6.07) is 13.1. The lowest BCUT2D eigenvalue weighted by molar-refractivity contribution is 0.0696. The van der Waals surface area contributed by atoms with Crippen molar-refractivity contribution in [3.8, 4) is 0 Å². The van der Waals surface area contributed by atoms with Gasteiger partial charge in [-0.3, -0.25) is 9.00 Å². The average molecular weight is 381 g/mol. The molecule has 0 amide bonds. The highest BCUT2D eigenvalue weighted by Gasteiger charge is 2.11. The fourth-order valence-electron chi connectivity index (χ4n) is 1.85. The Morgan fingerprint density at radius 1 is 0.955 bits per heavy atom. The summed E-state index contributed by atoms with van der Waals surface area (Å²) in [5.41, 5.74) is 1.45. The highest BCUT2D eigenvalue weighted by molar-refractivity contribution is 9.10. The normalized spacial score (nSPS) is 11.9. The molecule has 1 unspecified atom stereocenters. The summed E-state index contributed by atoms with van der Waals surface area (Å²) in [4.78, 5) is 22.8. The molecule has 4 nitrogen and oxygen atoms in total. The van der Waals surface area contributed by atoms with E-state index in [0.717, 1.165) is 10.0 Å². The van der Waals surface area contributed by atoms with Crippen molar-refractivity contribution < 1.29 is 18.9 Å². The standard InChI is InChI=1S/C16H13BrO4S/c17-14-7-5-12(6-8-14)15(18)10-22(21)9-11-1-3-13(4-2-11)16(19)20/h1-8H,9-10H2,(H,19,20). The molecule has 0 radical (unpaired) electrons. The van der Waals surface area contributed by atoms with Crippen LogP contribution in [-0.4, -0.2) is 26.8 Å². The van der Waals surface area contributed by atoms with Crippen LogP contribution >= 0.6 is 15.9 Å². The van der Waals surface area contributed by atoms with Gasteiger partial charge in [0, 0.05) is 26.6 Å². The maximum atomic E-state index is 12.0. The summed E-state index contributed by atoms with van der Waals surface area (Å²) in [5.74, 6) is -1.00. The second-order valence-corrected chi connectivity index (χ2v) is 7.03. The Labute approximate surface area is 138 Å². The summed E-state index contributed by atoms with van der Waals surface area (Å²) in [6.07, 6.45) is 0. The van der Waals surface area contributed by atoms with Crippen molar-refractivity contribution in [2.45, 2.75) is 5.75 Å². The van der Waals surface area contributed by atoms with Crippen molar-refractivity contribution >= 4 is 38.5 Å². The van der Waals surface area contributed by atoms with Crippen molar-refractivity contribution in [3.63, 3.8) is 0 Å². The van der Waals surface area contributed by atoms with E-state index in [1.807, 2.05) is 0 Å². The predicted octanol–water partition coefficient (Wildman–Crippen LogP) is 3.28. The van der Waals surface area contributed by atoms with E-state index >= 15 is 0 Å². The molecule has 0 saturated carbocycles. The van der Waals surface area contributed by atoms with Crippen molar-refractivity contribution in [1.29, 1.82) is 0 Å². The number of hydrogen-bond donors (Lipinski definition) is 1. The highest BCUT2D eigenvalue weighted by Crippen LogP contribution is 2.12. The van der Waals surface area contributed by atoms with Crippen LogP contribution < -0.4 is 0 Å². The van der Waals surface area contributed by atoms with Gasteiger partial charge in [-0.15, -0.1) is 0 Å². The number of benzene rings is 2. The molecule has 0 spiro atoms. The predicted molar refractivity (Wildman–Crippen MR) is 88.6 cm³/mol. The quantitative estimate of drug-likeness (QED) is 0.780. The smallest absolute Gasteiger partial charge is 0.335 e. The fourth-order valence-corrected chi connectivity index (χ4v) is 3.24. The van der Waals surface area contributed by atoms with E-state index < -0.39 is 16.8 Å². The number of aromatic carboxylic acids is 1. The molecule has 1 atom stereocenters. The maximum Gasteiger partial charge on any atom is 0.335 e. The minimum Gasteiger partial charge on any atom is -0.478 e. The van der Waals surface area contributed by atoms with E-state index in [0.29, 0.717) is 5.56 Å². The minimum atomic E-state index is -1.33. The van der Waals surface area contributed by atoms with Gasteiger partial charge in [-0.05, 0) is 29.8 Å². The summed E-state index contributed by atoms with van der Waals surface area (Å²) in [7, 11) is -1.33. The third-order valence-electron chi connectivity index (χ3n) is 2.99. The lowest BCUT2D eigenvalue weighted by atomic mass is 10.1. The van der Waals surface area contributed by atoms with Gasteiger partial charge in [0.15, 0.2) is 5.78 Å². The van der Waals surface area contributed by atoms with Crippen LogP contribution in [-0.2, 0) is 16.6 Å². The third-order valence-corrected chi connectivity index (χ3v) is 4.75. The molecule has 0 heterocycles. The van der Waals surface area contributed by atoms with E-state index in [1.54, 1.807) is 36.4 Å². The van der Waals surface area contributed by atoms with Gasteiger partial charge in [0.05, 0.1) is 11.3 Å². The zero-order valence-corrected chi connectivity index (χ0v) is 13.9. The van der Waals surface area contributed by atoms with E-state index in [2.05, 4.69) is 15.9 Å². The molecule has 0 saturated heterocycles. The number of carboxylic acids is 1. The molecule has 1 N–H and O–H groups in total. The van der Waals surface area contributed by atoms with Gasteiger partial charge in [0.2, 0.25) is 0 Å². The van der Waals surface area contributed by atoms with Crippen LogP contribution in [0.4, 0.5) is 0 Å². The SMILES string of the molecule is O=C(O)c1ccc(CS(=O)CC(=O)c2ccc(Br)cc2)cc1.